The van der Waals surface area contributed by atoms with Gasteiger partial charge in [0, 0.05) is 18.8 Å². The van der Waals surface area contributed by atoms with Gasteiger partial charge in [-0.05, 0) is 17.7 Å². The highest BCUT2D eigenvalue weighted by molar-refractivity contribution is 5.64. The number of pyridine rings is 2. The maximum Gasteiger partial charge on any atom is 0.404 e. The summed E-state index contributed by atoms with van der Waals surface area (Å²) in [5, 5.41) is 10.7. The first-order chi connectivity index (χ1) is 9.60. The van der Waals surface area contributed by atoms with Crippen LogP contribution in [-0.4, -0.2) is 28.3 Å². The van der Waals surface area contributed by atoms with Gasteiger partial charge in [-0.2, -0.15) is 0 Å². The van der Waals surface area contributed by atoms with Crippen LogP contribution in [0.1, 0.15) is 5.56 Å². The fraction of sp³-hybridized carbons (Fsp3) is 0.154. The number of hydrogen-bond donors (Lipinski definition) is 2. The Bertz CT molecular complexity index is 617. The van der Waals surface area contributed by atoms with E-state index in [1.807, 2.05) is 0 Å². The molecule has 0 fully saturated rings. The van der Waals surface area contributed by atoms with E-state index in [-0.39, 0.29) is 12.2 Å². The molecule has 1 amide bonds. The van der Waals surface area contributed by atoms with Crippen molar-refractivity contribution in [2.75, 3.05) is 7.11 Å². The summed E-state index contributed by atoms with van der Waals surface area (Å²) in [6.45, 7) is 0.136. The van der Waals surface area contributed by atoms with Crippen molar-refractivity contribution >= 4 is 6.09 Å². The molecule has 0 saturated heterocycles. The first-order valence-electron chi connectivity index (χ1n) is 5.73. The van der Waals surface area contributed by atoms with Crippen molar-refractivity contribution in [3.8, 4) is 17.3 Å². The third-order valence-electron chi connectivity index (χ3n) is 2.54. The standard InChI is InChI=1S/C13H12FN3O3/c1-20-11-5-3-9(14)12(17-11)10-4-2-8(6-15-10)7-16-13(18)19/h2-6,16H,7H2,1H3,(H,18,19). The molecule has 2 rings (SSSR count). The van der Waals surface area contributed by atoms with Gasteiger partial charge < -0.3 is 15.2 Å². The second-order valence-corrected chi connectivity index (χ2v) is 3.89. The molecule has 0 saturated carbocycles. The minimum absolute atomic E-state index is 0.0853. The largest absolute Gasteiger partial charge is 0.481 e. The molecule has 0 atom stereocenters. The minimum atomic E-state index is -1.12. The van der Waals surface area contributed by atoms with Crippen LogP contribution in [0.25, 0.3) is 11.4 Å². The van der Waals surface area contributed by atoms with E-state index in [2.05, 4.69) is 15.3 Å². The van der Waals surface area contributed by atoms with Gasteiger partial charge in [0.2, 0.25) is 5.88 Å². The van der Waals surface area contributed by atoms with E-state index in [4.69, 9.17) is 9.84 Å². The van der Waals surface area contributed by atoms with Crippen LogP contribution in [0.3, 0.4) is 0 Å². The maximum absolute atomic E-state index is 13.7. The number of ether oxygens (including phenoxy) is 1. The fourth-order valence-corrected chi connectivity index (χ4v) is 1.56. The number of aromatic nitrogens is 2. The molecule has 2 aromatic heterocycles. The van der Waals surface area contributed by atoms with Crippen LogP contribution >= 0.6 is 0 Å². The van der Waals surface area contributed by atoms with Gasteiger partial charge in [-0.25, -0.2) is 14.2 Å². The second kappa shape index (κ2) is 5.96. The second-order valence-electron chi connectivity index (χ2n) is 3.89. The molecule has 0 aliphatic heterocycles. The lowest BCUT2D eigenvalue weighted by Gasteiger charge is -2.06. The summed E-state index contributed by atoms with van der Waals surface area (Å²) in [7, 11) is 1.44. The zero-order valence-electron chi connectivity index (χ0n) is 10.6. The molecule has 0 aliphatic carbocycles. The Morgan fingerprint density at radius 1 is 1.40 bits per heavy atom. The van der Waals surface area contributed by atoms with Gasteiger partial charge >= 0.3 is 6.09 Å². The van der Waals surface area contributed by atoms with Gasteiger partial charge in [0.05, 0.1) is 12.8 Å². The average Bonchev–Trinajstić information content (AvgIpc) is 2.46. The van der Waals surface area contributed by atoms with Gasteiger partial charge in [0.15, 0.2) is 5.82 Å². The first-order valence-corrected chi connectivity index (χ1v) is 5.73. The number of amides is 1. The van der Waals surface area contributed by atoms with Crippen LogP contribution in [-0.2, 0) is 6.54 Å². The molecule has 0 aliphatic rings. The molecule has 0 radical (unpaired) electrons. The van der Waals surface area contributed by atoms with Gasteiger partial charge in [-0.3, -0.25) is 4.98 Å². The van der Waals surface area contributed by atoms with Gasteiger partial charge in [-0.1, -0.05) is 6.07 Å². The quantitative estimate of drug-likeness (QED) is 0.893. The summed E-state index contributed by atoms with van der Waals surface area (Å²) >= 11 is 0. The van der Waals surface area contributed by atoms with Crippen molar-refractivity contribution in [3.63, 3.8) is 0 Å². The highest BCUT2D eigenvalue weighted by Gasteiger charge is 2.10. The molecule has 6 nitrogen and oxygen atoms in total. The summed E-state index contributed by atoms with van der Waals surface area (Å²) in [6, 6.07) is 5.90. The Labute approximate surface area is 114 Å². The third kappa shape index (κ3) is 3.19. The molecule has 20 heavy (non-hydrogen) atoms. The lowest BCUT2D eigenvalue weighted by atomic mass is 10.2. The molecular weight excluding hydrogens is 265 g/mol. The number of rotatable bonds is 4. The molecule has 0 unspecified atom stereocenters. The van der Waals surface area contributed by atoms with Crippen LogP contribution in [0, 0.1) is 5.82 Å². The summed E-state index contributed by atoms with van der Waals surface area (Å²) in [4.78, 5) is 18.4. The van der Waals surface area contributed by atoms with E-state index in [9.17, 15) is 9.18 Å². The number of nitrogens with zero attached hydrogens (tertiary/aromatic N) is 2. The van der Waals surface area contributed by atoms with E-state index in [0.717, 1.165) is 0 Å². The number of carboxylic acid groups (broad SMARTS) is 1. The van der Waals surface area contributed by atoms with Crippen LogP contribution in [0.2, 0.25) is 0 Å². The van der Waals surface area contributed by atoms with Crippen molar-refractivity contribution in [1.82, 2.24) is 15.3 Å². The Morgan fingerprint density at radius 3 is 2.80 bits per heavy atom. The lowest BCUT2D eigenvalue weighted by molar-refractivity contribution is 0.194. The normalized spacial score (nSPS) is 10.1. The van der Waals surface area contributed by atoms with Crippen LogP contribution in [0.15, 0.2) is 30.5 Å². The summed E-state index contributed by atoms with van der Waals surface area (Å²) < 4.78 is 18.6. The number of nitrogens with one attached hydrogen (secondary N) is 1. The Kier molecular flexibility index (Phi) is 4.09. The molecular formula is C13H12FN3O3. The predicted molar refractivity (Wildman–Crippen MR) is 68.8 cm³/mol. The summed E-state index contributed by atoms with van der Waals surface area (Å²) in [6.07, 6.45) is 0.348. The predicted octanol–water partition coefficient (Wildman–Crippen LogP) is 2.06. The molecule has 2 heterocycles. The monoisotopic (exact) mass is 277 g/mol. The Balaban J connectivity index is 2.23. The molecule has 2 aromatic rings. The lowest BCUT2D eigenvalue weighted by Crippen LogP contribution is -2.19. The minimum Gasteiger partial charge on any atom is -0.481 e. The SMILES string of the molecule is COc1ccc(F)c(-c2ccc(CNC(=O)O)cn2)n1. The highest BCUT2D eigenvalue weighted by Crippen LogP contribution is 2.21. The van der Waals surface area contributed by atoms with Crippen molar-refractivity contribution < 1.29 is 19.0 Å². The maximum atomic E-state index is 13.7. The van der Waals surface area contributed by atoms with Crippen molar-refractivity contribution in [1.29, 1.82) is 0 Å². The number of carbonyl (C=O) groups is 1. The zero-order valence-corrected chi connectivity index (χ0v) is 10.6. The van der Waals surface area contributed by atoms with Crippen LogP contribution in [0.4, 0.5) is 9.18 Å². The number of halogens is 1. The van der Waals surface area contributed by atoms with E-state index >= 15 is 0 Å². The van der Waals surface area contributed by atoms with Crippen molar-refractivity contribution in [2.24, 2.45) is 0 Å². The highest BCUT2D eigenvalue weighted by atomic mass is 19.1. The van der Waals surface area contributed by atoms with Gasteiger partial charge in [0.25, 0.3) is 0 Å². The molecule has 0 bridgehead atoms. The van der Waals surface area contributed by atoms with Crippen molar-refractivity contribution in [3.05, 3.63) is 41.8 Å². The zero-order chi connectivity index (χ0) is 14.5. The Morgan fingerprint density at radius 2 is 2.20 bits per heavy atom. The fourth-order valence-electron chi connectivity index (χ4n) is 1.56. The molecule has 0 spiro atoms. The molecule has 0 aromatic carbocycles. The number of hydrogen-bond acceptors (Lipinski definition) is 4. The van der Waals surface area contributed by atoms with E-state index in [0.29, 0.717) is 17.1 Å². The van der Waals surface area contributed by atoms with E-state index in [1.165, 1.54) is 25.4 Å². The topological polar surface area (TPSA) is 84.3 Å². The van der Waals surface area contributed by atoms with Crippen molar-refractivity contribution in [2.45, 2.75) is 6.54 Å². The molecule has 2 N–H and O–H groups in total. The number of methoxy groups -OCH3 is 1. The smallest absolute Gasteiger partial charge is 0.404 e. The third-order valence-corrected chi connectivity index (χ3v) is 2.54. The van der Waals surface area contributed by atoms with E-state index in [1.54, 1.807) is 12.1 Å². The molecule has 7 heteroatoms. The van der Waals surface area contributed by atoms with Crippen LogP contribution in [0.5, 0.6) is 5.88 Å². The Hall–Kier alpha value is -2.70. The first kappa shape index (κ1) is 13.7. The van der Waals surface area contributed by atoms with Gasteiger partial charge in [0.1, 0.15) is 5.69 Å². The summed E-state index contributed by atoms with van der Waals surface area (Å²) in [5.74, 6) is -0.213. The van der Waals surface area contributed by atoms with Gasteiger partial charge in [-0.15, -0.1) is 0 Å². The molecule has 104 valence electrons. The average molecular weight is 277 g/mol. The summed E-state index contributed by atoms with van der Waals surface area (Å²) in [5.41, 5.74) is 1.10. The van der Waals surface area contributed by atoms with Crippen LogP contribution < -0.4 is 10.1 Å². The van der Waals surface area contributed by atoms with E-state index < -0.39 is 11.9 Å².